The molecule has 6 heteroatoms. The summed E-state index contributed by atoms with van der Waals surface area (Å²) in [7, 11) is 1.58. The predicted octanol–water partition coefficient (Wildman–Crippen LogP) is 4.08. The Morgan fingerprint density at radius 3 is 2.47 bits per heavy atom. The molecule has 2 aromatic rings. The lowest BCUT2D eigenvalue weighted by atomic mass is 9.91. The van der Waals surface area contributed by atoms with E-state index < -0.39 is 6.04 Å². The fraction of sp³-hybridized carbons (Fsp3) is 0.417. The van der Waals surface area contributed by atoms with E-state index >= 15 is 0 Å². The van der Waals surface area contributed by atoms with Gasteiger partial charge in [0.2, 0.25) is 5.91 Å². The van der Waals surface area contributed by atoms with Crippen molar-refractivity contribution in [3.05, 3.63) is 65.5 Å². The molecule has 1 saturated carbocycles. The molecule has 2 fully saturated rings. The minimum atomic E-state index is -0.715. The molecule has 0 N–H and O–H groups in total. The number of amides is 2. The van der Waals surface area contributed by atoms with E-state index in [-0.39, 0.29) is 36.8 Å². The first-order chi connectivity index (χ1) is 14.6. The summed E-state index contributed by atoms with van der Waals surface area (Å²) in [5, 5.41) is 0. The Morgan fingerprint density at radius 1 is 1.03 bits per heavy atom. The number of carbonyl (C=O) groups is 2. The maximum atomic E-state index is 13.7. The highest BCUT2D eigenvalue weighted by molar-refractivity contribution is 5.95. The van der Waals surface area contributed by atoms with Gasteiger partial charge in [-0.2, -0.15) is 0 Å². The van der Waals surface area contributed by atoms with Gasteiger partial charge in [0.1, 0.15) is 24.2 Å². The molecular formula is C24H27FN2O3. The Morgan fingerprint density at radius 2 is 1.77 bits per heavy atom. The predicted molar refractivity (Wildman–Crippen MR) is 111 cm³/mol. The number of hydrogen-bond donors (Lipinski definition) is 0. The smallest absolute Gasteiger partial charge is 0.250 e. The van der Waals surface area contributed by atoms with E-state index in [0.717, 1.165) is 36.8 Å². The maximum Gasteiger partial charge on any atom is 0.250 e. The van der Waals surface area contributed by atoms with E-state index in [2.05, 4.69) is 0 Å². The lowest BCUT2D eigenvalue weighted by Gasteiger charge is -2.44. The summed E-state index contributed by atoms with van der Waals surface area (Å²) in [6, 6.07) is 12.8. The second-order valence-electron chi connectivity index (χ2n) is 8.09. The fourth-order valence-electron chi connectivity index (χ4n) is 4.55. The van der Waals surface area contributed by atoms with Crippen molar-refractivity contribution in [3.63, 3.8) is 0 Å². The zero-order chi connectivity index (χ0) is 21.1. The van der Waals surface area contributed by atoms with E-state index in [1.807, 2.05) is 24.3 Å². The molecule has 0 unspecified atom stereocenters. The number of ether oxygens (including phenoxy) is 1. The number of piperazine rings is 1. The minimum absolute atomic E-state index is 0.0446. The number of nitrogens with zero attached hydrogens (tertiary/aromatic N) is 2. The van der Waals surface area contributed by atoms with Gasteiger partial charge in [-0.15, -0.1) is 0 Å². The molecule has 2 aromatic carbocycles. The molecule has 0 radical (unpaired) electrons. The molecule has 2 amide bonds. The highest BCUT2D eigenvalue weighted by atomic mass is 19.1. The lowest BCUT2D eigenvalue weighted by Crippen LogP contribution is -2.58. The standard InChI is InChI=1S/C24H27FN2O3/c1-30-21-9-5-6-18(14-21)23-24(29)26(20-7-3-2-4-8-20)16-22(28)27(23)15-17-10-12-19(25)13-11-17/h5-6,9-14,20,23H,2-4,7-8,15-16H2,1H3/t23-/m1/s1. The van der Waals surface area contributed by atoms with Crippen LogP contribution < -0.4 is 4.74 Å². The summed E-state index contributed by atoms with van der Waals surface area (Å²) in [5.41, 5.74) is 1.52. The first-order valence-corrected chi connectivity index (χ1v) is 10.5. The van der Waals surface area contributed by atoms with Crippen molar-refractivity contribution in [1.29, 1.82) is 0 Å². The third-order valence-electron chi connectivity index (χ3n) is 6.15. The van der Waals surface area contributed by atoms with Crippen LogP contribution >= 0.6 is 0 Å². The van der Waals surface area contributed by atoms with Gasteiger partial charge in [-0.1, -0.05) is 43.5 Å². The quantitative estimate of drug-likeness (QED) is 0.746. The highest BCUT2D eigenvalue weighted by Crippen LogP contribution is 2.34. The van der Waals surface area contributed by atoms with Crippen molar-refractivity contribution in [2.45, 2.75) is 50.7 Å². The summed E-state index contributed by atoms with van der Waals surface area (Å²) in [5.74, 6) is 0.186. The minimum Gasteiger partial charge on any atom is -0.497 e. The van der Waals surface area contributed by atoms with E-state index in [9.17, 15) is 14.0 Å². The SMILES string of the molecule is COc1cccc([C@@H]2C(=O)N(C3CCCCC3)CC(=O)N2Cc2ccc(F)cc2)c1. The fourth-order valence-corrected chi connectivity index (χ4v) is 4.55. The third kappa shape index (κ3) is 4.18. The van der Waals surface area contributed by atoms with Gasteiger partial charge in [-0.25, -0.2) is 4.39 Å². The molecule has 1 aliphatic carbocycles. The van der Waals surface area contributed by atoms with Crippen LogP contribution in [0.5, 0.6) is 5.75 Å². The van der Waals surface area contributed by atoms with Crippen molar-refractivity contribution >= 4 is 11.8 Å². The summed E-state index contributed by atoms with van der Waals surface area (Å²) < 4.78 is 18.7. The van der Waals surface area contributed by atoms with E-state index in [1.54, 1.807) is 29.0 Å². The Bertz CT molecular complexity index is 909. The third-order valence-corrected chi connectivity index (χ3v) is 6.15. The maximum absolute atomic E-state index is 13.7. The lowest BCUT2D eigenvalue weighted by molar-refractivity contribution is -0.160. The van der Waals surface area contributed by atoms with Crippen LogP contribution in [0.15, 0.2) is 48.5 Å². The molecule has 1 atom stereocenters. The summed E-state index contributed by atoms with van der Waals surface area (Å²) in [4.78, 5) is 30.3. The van der Waals surface area contributed by atoms with Crippen molar-refractivity contribution in [2.75, 3.05) is 13.7 Å². The molecule has 0 aromatic heterocycles. The van der Waals surface area contributed by atoms with Crippen molar-refractivity contribution < 1.29 is 18.7 Å². The Kier molecular flexibility index (Phi) is 6.02. The van der Waals surface area contributed by atoms with E-state index in [1.165, 1.54) is 18.6 Å². The van der Waals surface area contributed by atoms with Crippen LogP contribution in [0.4, 0.5) is 4.39 Å². The van der Waals surface area contributed by atoms with Gasteiger partial charge in [0, 0.05) is 12.6 Å². The number of methoxy groups -OCH3 is 1. The average Bonchev–Trinajstić information content (AvgIpc) is 2.78. The molecule has 30 heavy (non-hydrogen) atoms. The molecule has 0 bridgehead atoms. The monoisotopic (exact) mass is 410 g/mol. The van der Waals surface area contributed by atoms with Gasteiger partial charge >= 0.3 is 0 Å². The van der Waals surface area contributed by atoms with Gasteiger partial charge in [-0.05, 0) is 48.2 Å². The largest absolute Gasteiger partial charge is 0.497 e. The molecule has 0 spiro atoms. The van der Waals surface area contributed by atoms with Crippen LogP contribution in [-0.4, -0.2) is 41.3 Å². The summed E-state index contributed by atoms with van der Waals surface area (Å²) in [6.07, 6.45) is 5.25. The van der Waals surface area contributed by atoms with Crippen molar-refractivity contribution in [1.82, 2.24) is 9.80 Å². The molecule has 1 saturated heterocycles. The number of carbonyl (C=O) groups excluding carboxylic acids is 2. The van der Waals surface area contributed by atoms with E-state index in [0.29, 0.717) is 5.75 Å². The molecule has 1 heterocycles. The highest BCUT2D eigenvalue weighted by Gasteiger charge is 2.43. The summed E-state index contributed by atoms with van der Waals surface area (Å²) >= 11 is 0. The zero-order valence-electron chi connectivity index (χ0n) is 17.2. The van der Waals surface area contributed by atoms with Crippen LogP contribution in [-0.2, 0) is 16.1 Å². The van der Waals surface area contributed by atoms with Crippen LogP contribution in [0.2, 0.25) is 0 Å². The van der Waals surface area contributed by atoms with E-state index in [4.69, 9.17) is 4.74 Å². The molecule has 4 rings (SSSR count). The molecule has 1 aliphatic heterocycles. The van der Waals surface area contributed by atoms with Gasteiger partial charge < -0.3 is 14.5 Å². The van der Waals surface area contributed by atoms with Crippen LogP contribution in [0, 0.1) is 5.82 Å². The topological polar surface area (TPSA) is 49.9 Å². The Balaban J connectivity index is 1.68. The van der Waals surface area contributed by atoms with Gasteiger partial charge in [0.15, 0.2) is 0 Å². The van der Waals surface area contributed by atoms with Crippen molar-refractivity contribution in [2.24, 2.45) is 0 Å². The van der Waals surface area contributed by atoms with Crippen LogP contribution in [0.25, 0.3) is 0 Å². The normalized spacial score (nSPS) is 20.5. The van der Waals surface area contributed by atoms with Gasteiger partial charge in [0.05, 0.1) is 7.11 Å². The first kappa shape index (κ1) is 20.4. The number of rotatable bonds is 5. The zero-order valence-corrected chi connectivity index (χ0v) is 17.2. The first-order valence-electron chi connectivity index (χ1n) is 10.5. The van der Waals surface area contributed by atoms with Crippen LogP contribution in [0.3, 0.4) is 0 Å². The van der Waals surface area contributed by atoms with Gasteiger partial charge in [0.25, 0.3) is 5.91 Å². The van der Waals surface area contributed by atoms with Crippen LogP contribution in [0.1, 0.15) is 49.3 Å². The van der Waals surface area contributed by atoms with Gasteiger partial charge in [-0.3, -0.25) is 9.59 Å². The number of halogens is 1. The number of hydrogen-bond acceptors (Lipinski definition) is 3. The molecule has 2 aliphatic rings. The average molecular weight is 410 g/mol. The molecule has 158 valence electrons. The second kappa shape index (κ2) is 8.86. The second-order valence-corrected chi connectivity index (χ2v) is 8.09. The van der Waals surface area contributed by atoms with Crippen molar-refractivity contribution in [3.8, 4) is 5.75 Å². The molecule has 5 nitrogen and oxygen atoms in total. The summed E-state index contributed by atoms with van der Waals surface area (Å²) in [6.45, 7) is 0.358. The molecular weight excluding hydrogens is 383 g/mol. The number of benzene rings is 2. The Labute approximate surface area is 176 Å². The Hall–Kier alpha value is -2.89.